The summed E-state index contributed by atoms with van der Waals surface area (Å²) < 4.78 is 0. The molecule has 3 nitrogen and oxygen atoms in total. The minimum atomic E-state index is -0.686. The first-order chi connectivity index (χ1) is 9.24. The predicted octanol–water partition coefficient (Wildman–Crippen LogP) is 4.20. The molecule has 0 fully saturated rings. The van der Waals surface area contributed by atoms with E-state index in [1.54, 1.807) is 0 Å². The van der Waals surface area contributed by atoms with Crippen molar-refractivity contribution in [2.75, 3.05) is 0 Å². The second kappa shape index (κ2) is 6.14. The SMILES string of the molecule is CCC(c1ccccc1)C(c1ccccc1)[N+](=O)[O-]. The van der Waals surface area contributed by atoms with Gasteiger partial charge >= 0.3 is 0 Å². The van der Waals surface area contributed by atoms with Gasteiger partial charge in [0.2, 0.25) is 6.04 Å². The van der Waals surface area contributed by atoms with Crippen LogP contribution < -0.4 is 0 Å². The molecule has 2 aromatic carbocycles. The Morgan fingerprint density at radius 3 is 1.84 bits per heavy atom. The van der Waals surface area contributed by atoms with E-state index >= 15 is 0 Å². The summed E-state index contributed by atoms with van der Waals surface area (Å²) in [5.41, 5.74) is 1.79. The lowest BCUT2D eigenvalue weighted by Crippen LogP contribution is -2.19. The van der Waals surface area contributed by atoms with E-state index in [0.29, 0.717) is 0 Å². The summed E-state index contributed by atoms with van der Waals surface area (Å²) in [5.74, 6) is -0.0985. The molecule has 2 rings (SSSR count). The number of benzene rings is 2. The first-order valence-electron chi connectivity index (χ1n) is 6.47. The molecule has 0 amide bonds. The van der Waals surface area contributed by atoms with Crippen molar-refractivity contribution < 1.29 is 4.92 Å². The molecular formula is C16H17NO2. The molecule has 19 heavy (non-hydrogen) atoms. The van der Waals surface area contributed by atoms with Crippen LogP contribution in [0.25, 0.3) is 0 Å². The maximum Gasteiger partial charge on any atom is 0.244 e. The highest BCUT2D eigenvalue weighted by atomic mass is 16.6. The van der Waals surface area contributed by atoms with E-state index in [4.69, 9.17) is 0 Å². The van der Waals surface area contributed by atoms with E-state index in [-0.39, 0.29) is 10.8 Å². The van der Waals surface area contributed by atoms with Crippen molar-refractivity contribution in [3.63, 3.8) is 0 Å². The number of hydrogen-bond acceptors (Lipinski definition) is 2. The standard InChI is InChI=1S/C16H17NO2/c1-2-15(13-9-5-3-6-10-13)16(17(18)19)14-11-7-4-8-12-14/h3-12,15-16H,2H2,1H3. The van der Waals surface area contributed by atoms with Gasteiger partial charge in [-0.1, -0.05) is 67.6 Å². The van der Waals surface area contributed by atoms with Gasteiger partial charge < -0.3 is 0 Å². The highest BCUT2D eigenvalue weighted by molar-refractivity contribution is 5.26. The zero-order valence-corrected chi connectivity index (χ0v) is 10.9. The topological polar surface area (TPSA) is 43.1 Å². The molecule has 2 atom stereocenters. The summed E-state index contributed by atoms with van der Waals surface area (Å²) in [4.78, 5) is 11.3. The second-order valence-corrected chi connectivity index (χ2v) is 4.57. The molecule has 2 aromatic rings. The monoisotopic (exact) mass is 255 g/mol. The Balaban J connectivity index is 2.41. The Kier molecular flexibility index (Phi) is 4.29. The van der Waals surface area contributed by atoms with Gasteiger partial charge in [-0.25, -0.2) is 0 Å². The Labute approximate surface area is 113 Å². The van der Waals surface area contributed by atoms with Crippen LogP contribution in [0.15, 0.2) is 60.7 Å². The molecule has 0 aromatic heterocycles. The molecule has 0 spiro atoms. The van der Waals surface area contributed by atoms with Gasteiger partial charge in [-0.05, 0) is 12.0 Å². The minimum absolute atomic E-state index is 0.0985. The smallest absolute Gasteiger partial charge is 0.244 e. The third-order valence-corrected chi connectivity index (χ3v) is 3.42. The van der Waals surface area contributed by atoms with E-state index in [9.17, 15) is 10.1 Å². The Morgan fingerprint density at radius 2 is 1.42 bits per heavy atom. The minimum Gasteiger partial charge on any atom is -0.264 e. The van der Waals surface area contributed by atoms with Crippen molar-refractivity contribution in [1.82, 2.24) is 0 Å². The Morgan fingerprint density at radius 1 is 0.947 bits per heavy atom. The first kappa shape index (κ1) is 13.3. The predicted molar refractivity (Wildman–Crippen MR) is 75.7 cm³/mol. The first-order valence-corrected chi connectivity index (χ1v) is 6.47. The Hall–Kier alpha value is -2.16. The number of hydrogen-bond donors (Lipinski definition) is 0. The van der Waals surface area contributed by atoms with Crippen molar-refractivity contribution in [2.45, 2.75) is 25.3 Å². The van der Waals surface area contributed by atoms with E-state index in [1.807, 2.05) is 67.6 Å². The third kappa shape index (κ3) is 2.99. The van der Waals surface area contributed by atoms with Crippen molar-refractivity contribution in [2.24, 2.45) is 0 Å². The molecule has 0 aliphatic rings. The lowest BCUT2D eigenvalue weighted by molar-refractivity contribution is -0.533. The summed E-state index contributed by atoms with van der Waals surface area (Å²) in [7, 11) is 0. The van der Waals surface area contributed by atoms with Crippen LogP contribution in [0.1, 0.15) is 36.4 Å². The number of rotatable bonds is 5. The highest BCUT2D eigenvalue weighted by Gasteiger charge is 2.32. The maximum atomic E-state index is 11.5. The lowest BCUT2D eigenvalue weighted by atomic mass is 9.85. The normalized spacial score (nSPS) is 13.7. The van der Waals surface area contributed by atoms with E-state index in [0.717, 1.165) is 17.5 Å². The maximum absolute atomic E-state index is 11.5. The molecule has 0 aliphatic heterocycles. The molecule has 0 radical (unpaired) electrons. The molecule has 98 valence electrons. The summed E-state index contributed by atoms with van der Waals surface area (Å²) in [6, 6.07) is 18.3. The molecule has 3 heteroatoms. The Bertz CT molecular complexity index is 525. The van der Waals surface area contributed by atoms with Gasteiger partial charge in [0.15, 0.2) is 0 Å². The van der Waals surface area contributed by atoms with Crippen LogP contribution in [0.3, 0.4) is 0 Å². The lowest BCUT2D eigenvalue weighted by Gasteiger charge is -2.20. The fourth-order valence-corrected chi connectivity index (χ4v) is 2.49. The van der Waals surface area contributed by atoms with E-state index in [1.165, 1.54) is 0 Å². The van der Waals surface area contributed by atoms with Gasteiger partial charge in [-0.3, -0.25) is 10.1 Å². The molecule has 0 aliphatic carbocycles. The average Bonchev–Trinajstić information content (AvgIpc) is 2.46. The van der Waals surface area contributed by atoms with Gasteiger partial charge in [0.05, 0.1) is 5.92 Å². The fraction of sp³-hybridized carbons (Fsp3) is 0.250. The van der Waals surface area contributed by atoms with Crippen LogP contribution in [0, 0.1) is 10.1 Å². The molecule has 2 unspecified atom stereocenters. The summed E-state index contributed by atoms with van der Waals surface area (Å²) in [5, 5.41) is 11.5. The second-order valence-electron chi connectivity index (χ2n) is 4.57. The van der Waals surface area contributed by atoms with Crippen LogP contribution in [-0.4, -0.2) is 4.92 Å². The summed E-state index contributed by atoms with van der Waals surface area (Å²) in [6.07, 6.45) is 0.741. The van der Waals surface area contributed by atoms with Gasteiger partial charge in [-0.15, -0.1) is 0 Å². The molecule has 0 saturated carbocycles. The van der Waals surface area contributed by atoms with E-state index < -0.39 is 6.04 Å². The summed E-state index contributed by atoms with van der Waals surface area (Å²) in [6.45, 7) is 2.00. The van der Waals surface area contributed by atoms with Gasteiger partial charge in [-0.2, -0.15) is 0 Å². The van der Waals surface area contributed by atoms with Crippen LogP contribution in [0.5, 0.6) is 0 Å². The van der Waals surface area contributed by atoms with Gasteiger partial charge in [0.1, 0.15) is 0 Å². The van der Waals surface area contributed by atoms with Gasteiger partial charge in [0, 0.05) is 10.5 Å². The molecule has 0 bridgehead atoms. The number of nitrogens with zero attached hydrogens (tertiary/aromatic N) is 1. The fourth-order valence-electron chi connectivity index (χ4n) is 2.49. The van der Waals surface area contributed by atoms with Gasteiger partial charge in [0.25, 0.3) is 0 Å². The largest absolute Gasteiger partial charge is 0.264 e. The number of nitro groups is 1. The highest BCUT2D eigenvalue weighted by Crippen LogP contribution is 2.35. The summed E-state index contributed by atoms with van der Waals surface area (Å²) >= 11 is 0. The van der Waals surface area contributed by atoms with Crippen molar-refractivity contribution in [1.29, 1.82) is 0 Å². The average molecular weight is 255 g/mol. The van der Waals surface area contributed by atoms with Crippen LogP contribution in [0.4, 0.5) is 0 Å². The van der Waals surface area contributed by atoms with E-state index in [2.05, 4.69) is 0 Å². The molecular weight excluding hydrogens is 238 g/mol. The van der Waals surface area contributed by atoms with Crippen molar-refractivity contribution in [3.05, 3.63) is 81.9 Å². The zero-order valence-electron chi connectivity index (χ0n) is 10.9. The zero-order chi connectivity index (χ0) is 13.7. The quantitative estimate of drug-likeness (QED) is 0.593. The van der Waals surface area contributed by atoms with Crippen molar-refractivity contribution in [3.8, 4) is 0 Å². The van der Waals surface area contributed by atoms with Crippen LogP contribution >= 0.6 is 0 Å². The van der Waals surface area contributed by atoms with Crippen LogP contribution in [0.2, 0.25) is 0 Å². The molecule has 0 heterocycles. The van der Waals surface area contributed by atoms with Crippen molar-refractivity contribution >= 4 is 0 Å². The molecule has 0 N–H and O–H groups in total. The van der Waals surface area contributed by atoms with Crippen LogP contribution in [-0.2, 0) is 0 Å². The molecule has 0 saturated heterocycles. The third-order valence-electron chi connectivity index (χ3n) is 3.42.